The first kappa shape index (κ1) is 30.2. The zero-order valence-corrected chi connectivity index (χ0v) is 23.7. The molecule has 1 atom stereocenters. The lowest BCUT2D eigenvalue weighted by molar-refractivity contribution is -0.141. The zero-order chi connectivity index (χ0) is 29.1. The normalized spacial score (nSPS) is 11.6. The monoisotopic (exact) mass is 550 g/mol. The van der Waals surface area contributed by atoms with Gasteiger partial charge in [0, 0.05) is 13.0 Å². The van der Waals surface area contributed by atoms with Crippen molar-refractivity contribution in [3.8, 4) is 22.8 Å². The number of carbonyl (C=O) groups is 3. The first-order valence-corrected chi connectivity index (χ1v) is 13.3. The fourth-order valence-corrected chi connectivity index (χ4v) is 4.41. The summed E-state index contributed by atoms with van der Waals surface area (Å²) in [4.78, 5) is 38.2. The number of aromatic nitrogens is 2. The van der Waals surface area contributed by atoms with Crippen LogP contribution in [0.2, 0.25) is 0 Å². The van der Waals surface area contributed by atoms with Gasteiger partial charge in [0.05, 0.1) is 32.6 Å². The van der Waals surface area contributed by atoms with Gasteiger partial charge in [-0.25, -0.2) is 0 Å². The van der Waals surface area contributed by atoms with Crippen LogP contribution in [0.1, 0.15) is 42.7 Å². The van der Waals surface area contributed by atoms with Crippen LogP contribution in [-0.2, 0) is 27.3 Å². The molecule has 10 nitrogen and oxygen atoms in total. The number of hydrogen-bond donors (Lipinski definition) is 2. The number of benzene rings is 2. The average Bonchev–Trinajstić information content (AvgIpc) is 3.41. The maximum Gasteiger partial charge on any atom is 0.325 e. The Morgan fingerprint density at radius 1 is 0.925 bits per heavy atom. The number of amides is 2. The number of hydrogen-bond acceptors (Lipinski definition) is 7. The fourth-order valence-electron chi connectivity index (χ4n) is 4.41. The van der Waals surface area contributed by atoms with Crippen LogP contribution in [0.4, 0.5) is 0 Å². The molecule has 2 amide bonds. The van der Waals surface area contributed by atoms with Gasteiger partial charge in [-0.05, 0) is 29.7 Å². The van der Waals surface area contributed by atoms with E-state index < -0.39 is 23.8 Å². The zero-order valence-electron chi connectivity index (χ0n) is 23.7. The molecule has 3 aromatic rings. The van der Waals surface area contributed by atoms with Crippen molar-refractivity contribution < 1.29 is 28.6 Å². The summed E-state index contributed by atoms with van der Waals surface area (Å²) in [6.07, 6.45) is 2.11. The van der Waals surface area contributed by atoms with Gasteiger partial charge in [-0.1, -0.05) is 63.1 Å². The number of rotatable bonds is 14. The molecule has 0 bridgehead atoms. The number of carbonyl (C=O) groups excluding carboxylic acids is 3. The van der Waals surface area contributed by atoms with Crippen molar-refractivity contribution >= 4 is 17.8 Å². The average molecular weight is 551 g/mol. The lowest BCUT2D eigenvalue weighted by Gasteiger charge is -2.18. The molecule has 0 radical (unpaired) electrons. The minimum atomic E-state index is -0.951. The van der Waals surface area contributed by atoms with Crippen LogP contribution in [0, 0.1) is 5.92 Å². The second kappa shape index (κ2) is 14.7. The van der Waals surface area contributed by atoms with Gasteiger partial charge in [-0.3, -0.25) is 19.1 Å². The summed E-state index contributed by atoms with van der Waals surface area (Å²) in [6.45, 7) is 4.52. The highest BCUT2D eigenvalue weighted by atomic mass is 16.5. The van der Waals surface area contributed by atoms with Crippen molar-refractivity contribution in [1.29, 1.82) is 0 Å². The molecule has 0 saturated heterocycles. The first-order chi connectivity index (χ1) is 19.3. The summed E-state index contributed by atoms with van der Waals surface area (Å²) < 4.78 is 17.7. The minimum absolute atomic E-state index is 0.146. The number of nitrogens with zero attached hydrogens (tertiary/aromatic N) is 2. The van der Waals surface area contributed by atoms with E-state index in [1.54, 1.807) is 25.0 Å². The van der Waals surface area contributed by atoms with Gasteiger partial charge in [0.2, 0.25) is 5.91 Å². The van der Waals surface area contributed by atoms with Gasteiger partial charge < -0.3 is 24.8 Å². The van der Waals surface area contributed by atoms with E-state index in [4.69, 9.17) is 9.47 Å². The molecule has 2 aromatic carbocycles. The number of nitrogens with one attached hydrogen (secondary N) is 2. The van der Waals surface area contributed by atoms with Crippen LogP contribution in [-0.4, -0.2) is 61.5 Å². The van der Waals surface area contributed by atoms with Crippen molar-refractivity contribution in [3.63, 3.8) is 0 Å². The summed E-state index contributed by atoms with van der Waals surface area (Å²) in [5.41, 5.74) is 2.34. The lowest BCUT2D eigenvalue weighted by atomic mass is 10.0. The van der Waals surface area contributed by atoms with E-state index in [1.807, 2.05) is 48.5 Å². The number of methoxy groups -OCH3 is 3. The van der Waals surface area contributed by atoms with E-state index >= 15 is 0 Å². The minimum Gasteiger partial charge on any atom is -0.496 e. The molecule has 0 spiro atoms. The van der Waals surface area contributed by atoms with E-state index in [0.29, 0.717) is 35.2 Å². The van der Waals surface area contributed by atoms with Crippen LogP contribution in [0.15, 0.2) is 54.6 Å². The summed E-state index contributed by atoms with van der Waals surface area (Å²) >= 11 is 0. The highest BCUT2D eigenvalue weighted by molar-refractivity contribution is 5.97. The third kappa shape index (κ3) is 7.62. The second-order valence-corrected chi connectivity index (χ2v) is 9.33. The molecule has 0 unspecified atom stereocenters. The fraction of sp³-hybridized carbons (Fsp3) is 0.400. The Morgan fingerprint density at radius 3 is 2.15 bits per heavy atom. The van der Waals surface area contributed by atoms with Gasteiger partial charge in [0.25, 0.3) is 5.91 Å². The summed E-state index contributed by atoms with van der Waals surface area (Å²) in [6, 6.07) is 15.5. The van der Waals surface area contributed by atoms with Crippen LogP contribution in [0.5, 0.6) is 11.5 Å². The molecule has 0 saturated carbocycles. The van der Waals surface area contributed by atoms with Crippen LogP contribution < -0.4 is 20.1 Å². The van der Waals surface area contributed by atoms with Crippen molar-refractivity contribution in [2.75, 3.05) is 27.9 Å². The molecule has 40 heavy (non-hydrogen) atoms. The molecule has 0 aliphatic rings. The molecule has 0 aliphatic heterocycles. The molecule has 2 N–H and O–H groups in total. The molecular weight excluding hydrogens is 512 g/mol. The topological polar surface area (TPSA) is 121 Å². The van der Waals surface area contributed by atoms with Crippen LogP contribution >= 0.6 is 0 Å². The quantitative estimate of drug-likeness (QED) is 0.294. The Bertz CT molecular complexity index is 1260. The molecule has 0 aliphatic carbocycles. The molecular formula is C30H38N4O6. The van der Waals surface area contributed by atoms with Crippen molar-refractivity contribution in [3.05, 3.63) is 65.9 Å². The third-order valence-electron chi connectivity index (χ3n) is 6.82. The highest BCUT2D eigenvalue weighted by Crippen LogP contribution is 2.39. The second-order valence-electron chi connectivity index (χ2n) is 9.33. The van der Waals surface area contributed by atoms with Crippen molar-refractivity contribution in [2.24, 2.45) is 5.92 Å². The molecule has 3 rings (SSSR count). The van der Waals surface area contributed by atoms with Crippen molar-refractivity contribution in [2.45, 2.75) is 45.7 Å². The SMILES string of the molecule is CCC(CC)Cn1nc(C(=O)N[C@@H](Cc2ccccc2)C(=O)NCC(=O)OC)cc1-c1c(OC)cccc1OC. The Hall–Kier alpha value is -4.34. The molecule has 1 heterocycles. The molecule has 10 heteroatoms. The smallest absolute Gasteiger partial charge is 0.325 e. The van der Waals surface area contributed by atoms with E-state index in [2.05, 4.69) is 34.3 Å². The predicted molar refractivity (Wildman–Crippen MR) is 151 cm³/mol. The molecule has 0 fully saturated rings. The largest absolute Gasteiger partial charge is 0.496 e. The van der Waals surface area contributed by atoms with Gasteiger partial charge >= 0.3 is 5.97 Å². The predicted octanol–water partition coefficient (Wildman–Crippen LogP) is 3.63. The lowest BCUT2D eigenvalue weighted by Crippen LogP contribution is -2.49. The summed E-state index contributed by atoms with van der Waals surface area (Å²) in [7, 11) is 4.40. The highest BCUT2D eigenvalue weighted by Gasteiger charge is 2.26. The maximum atomic E-state index is 13.6. The van der Waals surface area contributed by atoms with Gasteiger partial charge in [-0.15, -0.1) is 0 Å². The van der Waals surface area contributed by atoms with Gasteiger partial charge in [0.1, 0.15) is 24.1 Å². The molecule has 1 aromatic heterocycles. The Labute approximate surface area is 235 Å². The first-order valence-electron chi connectivity index (χ1n) is 13.3. The van der Waals surface area contributed by atoms with E-state index in [9.17, 15) is 14.4 Å². The maximum absolute atomic E-state index is 13.6. The van der Waals surface area contributed by atoms with E-state index in [1.165, 1.54) is 7.11 Å². The third-order valence-corrected chi connectivity index (χ3v) is 6.82. The van der Waals surface area contributed by atoms with Crippen LogP contribution in [0.3, 0.4) is 0 Å². The van der Waals surface area contributed by atoms with Crippen molar-refractivity contribution in [1.82, 2.24) is 20.4 Å². The summed E-state index contributed by atoms with van der Waals surface area (Å²) in [5, 5.41) is 10.0. The number of ether oxygens (including phenoxy) is 3. The van der Waals surface area contributed by atoms with Crippen LogP contribution in [0.25, 0.3) is 11.3 Å². The van der Waals surface area contributed by atoms with E-state index in [-0.39, 0.29) is 18.7 Å². The number of esters is 1. The Morgan fingerprint density at radius 2 is 1.57 bits per heavy atom. The Balaban J connectivity index is 1.98. The van der Waals surface area contributed by atoms with E-state index in [0.717, 1.165) is 18.4 Å². The van der Waals surface area contributed by atoms with Gasteiger partial charge in [-0.2, -0.15) is 5.10 Å². The van der Waals surface area contributed by atoms with Gasteiger partial charge in [0.15, 0.2) is 5.69 Å². The summed E-state index contributed by atoms with van der Waals surface area (Å²) in [5.74, 6) is -0.112. The standard InChI is InChI=1S/C30H38N4O6/c1-6-20(7-2)19-34-24(28-25(38-3)14-11-15-26(28)39-4)17-23(33-34)30(37)32-22(16-21-12-9-8-10-13-21)29(36)31-18-27(35)40-5/h8-15,17,20,22H,6-7,16,18-19H2,1-5H3,(H,31,36)(H,32,37)/t22-/m0/s1. The molecule has 214 valence electrons. The Kier molecular flexibility index (Phi) is 11.1.